The molecular weight excluding hydrogens is 250 g/mol. The van der Waals surface area contributed by atoms with Crippen molar-refractivity contribution >= 4 is 28.9 Å². The minimum absolute atomic E-state index is 0.156. The number of fused-ring (bicyclic) bond motifs is 1. The summed E-state index contributed by atoms with van der Waals surface area (Å²) in [6.07, 6.45) is 3.94. The fourth-order valence-corrected chi connectivity index (χ4v) is 1.89. The number of hydrogen-bond acceptors (Lipinski definition) is 3. The molecule has 2 rings (SSSR count). The summed E-state index contributed by atoms with van der Waals surface area (Å²) < 4.78 is 1.93. The lowest BCUT2D eigenvalue weighted by Gasteiger charge is -2.21. The molecule has 0 saturated carbocycles. The average molecular weight is 268 g/mol. The van der Waals surface area contributed by atoms with Crippen LogP contribution < -0.4 is 0 Å². The van der Waals surface area contributed by atoms with E-state index in [0.29, 0.717) is 21.7 Å². The summed E-state index contributed by atoms with van der Waals surface area (Å²) in [6, 6.07) is 0. The summed E-state index contributed by atoms with van der Waals surface area (Å²) in [4.78, 5) is 19.1. The average Bonchev–Trinajstić information content (AvgIpc) is 2.71. The lowest BCUT2D eigenvalue weighted by molar-refractivity contribution is 0.112. The van der Waals surface area contributed by atoms with Gasteiger partial charge in [-0.15, -0.1) is 0 Å². The molecule has 2 aromatic rings. The first-order valence-corrected chi connectivity index (χ1v) is 6.30. The molecule has 0 amide bonds. The maximum Gasteiger partial charge on any atom is 0.152 e. The van der Waals surface area contributed by atoms with Gasteiger partial charge in [-0.25, -0.2) is 9.97 Å². The van der Waals surface area contributed by atoms with E-state index in [2.05, 4.69) is 9.97 Å². The molecule has 0 N–H and O–H groups in total. The van der Waals surface area contributed by atoms with Gasteiger partial charge in [0.05, 0.1) is 5.39 Å². The Hall–Kier alpha value is -1.42. The summed E-state index contributed by atoms with van der Waals surface area (Å²) in [5, 5.41) is 0.934. The van der Waals surface area contributed by atoms with E-state index in [9.17, 15) is 4.79 Å². The summed E-state index contributed by atoms with van der Waals surface area (Å²) in [7, 11) is 0. The van der Waals surface area contributed by atoms with Crippen LogP contribution in [0.15, 0.2) is 12.5 Å². The van der Waals surface area contributed by atoms with Gasteiger partial charge in [0, 0.05) is 17.3 Å². The van der Waals surface area contributed by atoms with Crippen LogP contribution in [0.5, 0.6) is 0 Å². The summed E-state index contributed by atoms with van der Waals surface area (Å²) in [6.45, 7) is 10.1. The van der Waals surface area contributed by atoms with Crippen LogP contribution in [0, 0.1) is 0 Å². The second kappa shape index (κ2) is 5.48. The predicted molar refractivity (Wildman–Crippen MR) is 74.3 cm³/mol. The van der Waals surface area contributed by atoms with Crippen LogP contribution in [0.3, 0.4) is 0 Å². The van der Waals surface area contributed by atoms with Gasteiger partial charge in [-0.05, 0) is 20.8 Å². The van der Waals surface area contributed by atoms with Gasteiger partial charge in [0.2, 0.25) is 0 Å². The van der Waals surface area contributed by atoms with E-state index in [1.54, 1.807) is 6.20 Å². The van der Waals surface area contributed by atoms with Crippen molar-refractivity contribution in [3.8, 4) is 0 Å². The van der Waals surface area contributed by atoms with Gasteiger partial charge in [-0.3, -0.25) is 4.79 Å². The van der Waals surface area contributed by atoms with Gasteiger partial charge >= 0.3 is 0 Å². The van der Waals surface area contributed by atoms with Gasteiger partial charge in [0.1, 0.15) is 17.1 Å². The molecule has 0 unspecified atom stereocenters. The Labute approximate surface area is 112 Å². The number of hydrogen-bond donors (Lipinski definition) is 0. The zero-order chi connectivity index (χ0) is 13.9. The molecule has 0 aromatic carbocycles. The number of carbonyl (C=O) groups is 1. The van der Waals surface area contributed by atoms with Crippen LogP contribution in [0.25, 0.3) is 11.0 Å². The molecule has 2 heterocycles. The minimum Gasteiger partial charge on any atom is -0.326 e. The molecule has 0 atom stereocenters. The Bertz CT molecular complexity index is 555. The number of halogens is 1. The lowest BCUT2D eigenvalue weighted by atomic mass is 10.1. The highest BCUT2D eigenvalue weighted by Gasteiger charge is 2.20. The first-order valence-electron chi connectivity index (χ1n) is 5.92. The van der Waals surface area contributed by atoms with Crippen molar-refractivity contribution in [1.82, 2.24) is 14.5 Å². The molecule has 98 valence electrons. The van der Waals surface area contributed by atoms with E-state index in [1.165, 1.54) is 6.33 Å². The number of aromatic nitrogens is 3. The molecule has 0 spiro atoms. The quantitative estimate of drug-likeness (QED) is 0.585. The number of aldehydes is 1. The molecule has 0 aliphatic rings. The van der Waals surface area contributed by atoms with Crippen LogP contribution in [0.4, 0.5) is 0 Å². The first-order chi connectivity index (χ1) is 8.45. The molecule has 5 heteroatoms. The summed E-state index contributed by atoms with van der Waals surface area (Å²) in [5.74, 6) is 0. The van der Waals surface area contributed by atoms with Crippen LogP contribution >= 0.6 is 11.6 Å². The molecule has 0 aliphatic carbocycles. The normalized spacial score (nSPS) is 11.0. The predicted octanol–water partition coefficient (Wildman–Crippen LogP) is 3.68. The molecular formula is C13H18ClN3O. The van der Waals surface area contributed by atoms with Crippen molar-refractivity contribution in [2.45, 2.75) is 40.2 Å². The Morgan fingerprint density at radius 3 is 2.39 bits per heavy atom. The van der Waals surface area contributed by atoms with Crippen molar-refractivity contribution in [3.63, 3.8) is 0 Å². The highest BCUT2D eigenvalue weighted by atomic mass is 35.5. The third kappa shape index (κ3) is 2.53. The standard InChI is InChI=1S/C11H12ClN3O.C2H6/c1-11(2,3)15-4-7(5-16)8-9(12)13-6-14-10(8)15;1-2/h4-6H,1-3H3;1-2H3. The van der Waals surface area contributed by atoms with E-state index in [4.69, 9.17) is 11.6 Å². The zero-order valence-corrected chi connectivity index (χ0v) is 12.1. The van der Waals surface area contributed by atoms with Gasteiger partial charge in [-0.1, -0.05) is 25.4 Å². The molecule has 4 nitrogen and oxygen atoms in total. The van der Waals surface area contributed by atoms with Gasteiger partial charge in [-0.2, -0.15) is 0 Å². The van der Waals surface area contributed by atoms with Crippen molar-refractivity contribution in [1.29, 1.82) is 0 Å². The maximum atomic E-state index is 11.0. The second-order valence-corrected chi connectivity index (χ2v) is 4.96. The molecule has 0 saturated heterocycles. The molecule has 0 radical (unpaired) electrons. The van der Waals surface area contributed by atoms with E-state index >= 15 is 0 Å². The Morgan fingerprint density at radius 2 is 1.89 bits per heavy atom. The molecule has 18 heavy (non-hydrogen) atoms. The lowest BCUT2D eigenvalue weighted by Crippen LogP contribution is -2.21. The number of rotatable bonds is 1. The topological polar surface area (TPSA) is 47.8 Å². The highest BCUT2D eigenvalue weighted by molar-refractivity contribution is 6.35. The van der Waals surface area contributed by atoms with Crippen LogP contribution in [-0.4, -0.2) is 20.8 Å². The van der Waals surface area contributed by atoms with Crippen LogP contribution in [-0.2, 0) is 5.54 Å². The van der Waals surface area contributed by atoms with Crippen molar-refractivity contribution in [2.24, 2.45) is 0 Å². The number of carbonyl (C=O) groups excluding carboxylic acids is 1. The SMILES string of the molecule is CC.CC(C)(C)n1cc(C=O)c2c(Cl)ncnc21. The van der Waals surface area contributed by atoms with Crippen molar-refractivity contribution in [2.75, 3.05) is 0 Å². The molecule has 0 bridgehead atoms. The fraction of sp³-hybridized carbons (Fsp3) is 0.462. The van der Waals surface area contributed by atoms with Crippen molar-refractivity contribution in [3.05, 3.63) is 23.2 Å². The highest BCUT2D eigenvalue weighted by Crippen LogP contribution is 2.28. The minimum atomic E-state index is -0.156. The zero-order valence-electron chi connectivity index (χ0n) is 11.4. The maximum absolute atomic E-state index is 11.0. The Kier molecular flexibility index (Phi) is 4.46. The van der Waals surface area contributed by atoms with E-state index in [1.807, 2.05) is 39.2 Å². The Morgan fingerprint density at radius 1 is 1.28 bits per heavy atom. The monoisotopic (exact) mass is 267 g/mol. The Balaban J connectivity index is 0.000000771. The van der Waals surface area contributed by atoms with Crippen LogP contribution in [0.1, 0.15) is 45.0 Å². The third-order valence-electron chi connectivity index (χ3n) is 2.42. The molecule has 2 aromatic heterocycles. The third-order valence-corrected chi connectivity index (χ3v) is 2.70. The van der Waals surface area contributed by atoms with E-state index in [-0.39, 0.29) is 5.54 Å². The largest absolute Gasteiger partial charge is 0.326 e. The van der Waals surface area contributed by atoms with Crippen LogP contribution in [0.2, 0.25) is 5.15 Å². The van der Waals surface area contributed by atoms with Gasteiger partial charge < -0.3 is 4.57 Å². The van der Waals surface area contributed by atoms with E-state index < -0.39 is 0 Å². The summed E-state index contributed by atoms with van der Waals surface area (Å²) in [5.41, 5.74) is 1.06. The van der Waals surface area contributed by atoms with E-state index in [0.717, 1.165) is 6.29 Å². The van der Waals surface area contributed by atoms with Gasteiger partial charge in [0.25, 0.3) is 0 Å². The van der Waals surface area contributed by atoms with Gasteiger partial charge in [0.15, 0.2) is 6.29 Å². The molecule has 0 fully saturated rings. The van der Waals surface area contributed by atoms with Crippen molar-refractivity contribution < 1.29 is 4.79 Å². The molecule has 0 aliphatic heterocycles. The number of nitrogens with zero attached hydrogens (tertiary/aromatic N) is 3. The first kappa shape index (κ1) is 14.6. The smallest absolute Gasteiger partial charge is 0.152 e. The summed E-state index contributed by atoms with van der Waals surface area (Å²) >= 11 is 5.98. The second-order valence-electron chi connectivity index (χ2n) is 4.61. The fourth-order valence-electron chi connectivity index (χ4n) is 1.65.